The maximum absolute atomic E-state index is 12.9. The number of anilines is 1. The van der Waals surface area contributed by atoms with Gasteiger partial charge in [0.15, 0.2) is 0 Å². The standard InChI is InChI=1S/C11H12FN3O/c1-2-15-7-10(13)14-11(15)16-9-5-3-4-8(12)6-9/h3-7H,2,13H2,1H3. The maximum Gasteiger partial charge on any atom is 0.303 e. The van der Waals surface area contributed by atoms with E-state index in [9.17, 15) is 4.39 Å². The molecule has 2 rings (SSSR count). The molecule has 0 radical (unpaired) electrons. The van der Waals surface area contributed by atoms with Crippen LogP contribution in [0.1, 0.15) is 6.92 Å². The predicted octanol–water partition coefficient (Wildman–Crippen LogP) is 2.42. The maximum atomic E-state index is 12.9. The lowest BCUT2D eigenvalue weighted by Gasteiger charge is -2.05. The molecular weight excluding hydrogens is 209 g/mol. The molecule has 0 bridgehead atoms. The van der Waals surface area contributed by atoms with Crippen LogP contribution in [0.5, 0.6) is 11.8 Å². The van der Waals surface area contributed by atoms with Crippen LogP contribution in [0, 0.1) is 5.82 Å². The van der Waals surface area contributed by atoms with E-state index in [2.05, 4.69) is 4.98 Å². The third-order valence-corrected chi connectivity index (χ3v) is 2.10. The van der Waals surface area contributed by atoms with Crippen molar-refractivity contribution in [3.8, 4) is 11.8 Å². The van der Waals surface area contributed by atoms with Crippen molar-refractivity contribution in [1.82, 2.24) is 9.55 Å². The van der Waals surface area contributed by atoms with E-state index < -0.39 is 0 Å². The fraction of sp³-hybridized carbons (Fsp3) is 0.182. The summed E-state index contributed by atoms with van der Waals surface area (Å²) in [7, 11) is 0. The molecular formula is C11H12FN3O. The minimum absolute atomic E-state index is 0.347. The zero-order valence-electron chi connectivity index (χ0n) is 8.85. The lowest BCUT2D eigenvalue weighted by molar-refractivity contribution is 0.412. The molecule has 5 heteroatoms. The third-order valence-electron chi connectivity index (χ3n) is 2.10. The highest BCUT2D eigenvalue weighted by molar-refractivity contribution is 5.31. The molecule has 1 heterocycles. The summed E-state index contributed by atoms with van der Waals surface area (Å²) in [6, 6.07) is 6.25. The number of halogens is 1. The lowest BCUT2D eigenvalue weighted by atomic mass is 10.3. The second-order valence-corrected chi connectivity index (χ2v) is 3.29. The van der Waals surface area contributed by atoms with Crippen molar-refractivity contribution < 1.29 is 9.13 Å². The number of rotatable bonds is 3. The summed E-state index contributed by atoms with van der Waals surface area (Å²) in [4.78, 5) is 4.00. The molecule has 0 unspecified atom stereocenters. The van der Waals surface area contributed by atoms with Gasteiger partial charge in [-0.2, -0.15) is 4.98 Å². The number of aromatic nitrogens is 2. The van der Waals surface area contributed by atoms with Crippen molar-refractivity contribution in [2.75, 3.05) is 5.73 Å². The fourth-order valence-corrected chi connectivity index (χ4v) is 1.36. The third kappa shape index (κ3) is 2.13. The molecule has 1 aromatic heterocycles. The van der Waals surface area contributed by atoms with Gasteiger partial charge in [-0.1, -0.05) is 6.07 Å². The van der Waals surface area contributed by atoms with Crippen LogP contribution in [0.25, 0.3) is 0 Å². The number of hydrogen-bond acceptors (Lipinski definition) is 3. The topological polar surface area (TPSA) is 53.1 Å². The molecule has 0 saturated heterocycles. The zero-order chi connectivity index (χ0) is 11.5. The van der Waals surface area contributed by atoms with E-state index in [4.69, 9.17) is 10.5 Å². The number of hydrogen-bond donors (Lipinski definition) is 1. The first-order valence-corrected chi connectivity index (χ1v) is 4.95. The number of nitrogen functional groups attached to an aromatic ring is 1. The first-order chi connectivity index (χ1) is 7.69. The molecule has 2 N–H and O–H groups in total. The number of aryl methyl sites for hydroxylation is 1. The van der Waals surface area contributed by atoms with Crippen LogP contribution >= 0.6 is 0 Å². The van der Waals surface area contributed by atoms with Crippen molar-refractivity contribution in [1.29, 1.82) is 0 Å². The molecule has 0 fully saturated rings. The molecule has 84 valence electrons. The highest BCUT2D eigenvalue weighted by atomic mass is 19.1. The van der Waals surface area contributed by atoms with E-state index in [1.165, 1.54) is 12.1 Å². The second kappa shape index (κ2) is 4.22. The summed E-state index contributed by atoms with van der Waals surface area (Å²) in [6.45, 7) is 2.63. The van der Waals surface area contributed by atoms with Crippen molar-refractivity contribution in [2.24, 2.45) is 0 Å². The highest BCUT2D eigenvalue weighted by Gasteiger charge is 2.07. The van der Waals surface area contributed by atoms with Gasteiger partial charge in [0.1, 0.15) is 17.4 Å². The monoisotopic (exact) mass is 221 g/mol. The molecule has 1 aromatic carbocycles. The Labute approximate surface area is 92.5 Å². The van der Waals surface area contributed by atoms with Gasteiger partial charge in [0.05, 0.1) is 6.20 Å². The molecule has 16 heavy (non-hydrogen) atoms. The molecule has 0 spiro atoms. The number of nitrogens with zero attached hydrogens (tertiary/aromatic N) is 2. The van der Waals surface area contributed by atoms with Gasteiger partial charge in [-0.3, -0.25) is 4.57 Å². The quantitative estimate of drug-likeness (QED) is 0.865. The average Bonchev–Trinajstić information content (AvgIpc) is 2.59. The van der Waals surface area contributed by atoms with E-state index in [0.717, 1.165) is 0 Å². The van der Waals surface area contributed by atoms with Gasteiger partial charge in [0.2, 0.25) is 0 Å². The van der Waals surface area contributed by atoms with E-state index in [1.54, 1.807) is 22.9 Å². The van der Waals surface area contributed by atoms with Gasteiger partial charge in [-0.25, -0.2) is 4.39 Å². The fourth-order valence-electron chi connectivity index (χ4n) is 1.36. The molecule has 0 amide bonds. The Morgan fingerprint density at radius 3 is 3.00 bits per heavy atom. The van der Waals surface area contributed by atoms with Crippen LogP contribution in [-0.4, -0.2) is 9.55 Å². The summed E-state index contributed by atoms with van der Waals surface area (Å²) in [5, 5.41) is 0. The number of benzene rings is 1. The summed E-state index contributed by atoms with van der Waals surface area (Å²) >= 11 is 0. The molecule has 2 aromatic rings. The van der Waals surface area contributed by atoms with Crippen LogP contribution in [-0.2, 0) is 6.54 Å². The van der Waals surface area contributed by atoms with Gasteiger partial charge < -0.3 is 10.5 Å². The molecule has 4 nitrogen and oxygen atoms in total. The van der Waals surface area contributed by atoms with Crippen molar-refractivity contribution >= 4 is 5.82 Å². The SMILES string of the molecule is CCn1cc(N)nc1Oc1cccc(F)c1. The number of ether oxygens (including phenoxy) is 1. The molecule has 0 aliphatic heterocycles. The van der Waals surface area contributed by atoms with Crippen LogP contribution in [0.2, 0.25) is 0 Å². The predicted molar refractivity (Wildman–Crippen MR) is 58.8 cm³/mol. The van der Waals surface area contributed by atoms with E-state index in [0.29, 0.717) is 24.1 Å². The van der Waals surface area contributed by atoms with Crippen molar-refractivity contribution in [3.05, 3.63) is 36.3 Å². The van der Waals surface area contributed by atoms with E-state index in [1.807, 2.05) is 6.92 Å². The highest BCUT2D eigenvalue weighted by Crippen LogP contribution is 2.22. The van der Waals surface area contributed by atoms with Gasteiger partial charge in [0, 0.05) is 12.6 Å². The largest absolute Gasteiger partial charge is 0.425 e. The zero-order valence-corrected chi connectivity index (χ0v) is 8.85. The minimum Gasteiger partial charge on any atom is -0.425 e. The molecule has 0 atom stereocenters. The van der Waals surface area contributed by atoms with Gasteiger partial charge in [-0.05, 0) is 19.1 Å². The second-order valence-electron chi connectivity index (χ2n) is 3.29. The molecule has 0 aliphatic carbocycles. The van der Waals surface area contributed by atoms with Gasteiger partial charge in [0.25, 0.3) is 0 Å². The first kappa shape index (κ1) is 10.5. The van der Waals surface area contributed by atoms with Crippen molar-refractivity contribution in [3.63, 3.8) is 0 Å². The normalized spacial score (nSPS) is 10.4. The minimum atomic E-state index is -0.347. The van der Waals surface area contributed by atoms with Crippen LogP contribution in [0.4, 0.5) is 10.2 Å². The Morgan fingerprint density at radius 1 is 1.50 bits per heavy atom. The van der Waals surface area contributed by atoms with Gasteiger partial charge in [-0.15, -0.1) is 0 Å². The Morgan fingerprint density at radius 2 is 2.31 bits per heavy atom. The van der Waals surface area contributed by atoms with E-state index in [-0.39, 0.29) is 5.82 Å². The smallest absolute Gasteiger partial charge is 0.303 e. The van der Waals surface area contributed by atoms with E-state index >= 15 is 0 Å². The van der Waals surface area contributed by atoms with Crippen LogP contribution in [0.3, 0.4) is 0 Å². The number of nitrogens with two attached hydrogens (primary N) is 1. The summed E-state index contributed by atoms with van der Waals surface area (Å²) in [5.74, 6) is 0.439. The number of imidazole rings is 1. The molecule has 0 aliphatic rings. The lowest BCUT2D eigenvalue weighted by Crippen LogP contribution is -1.97. The Balaban J connectivity index is 2.26. The summed E-state index contributed by atoms with van der Waals surface area (Å²) in [5.41, 5.74) is 5.55. The summed E-state index contributed by atoms with van der Waals surface area (Å²) in [6.07, 6.45) is 1.68. The Hall–Kier alpha value is -2.04. The van der Waals surface area contributed by atoms with Crippen LogP contribution < -0.4 is 10.5 Å². The Kier molecular flexibility index (Phi) is 2.76. The Bertz CT molecular complexity index is 496. The van der Waals surface area contributed by atoms with Gasteiger partial charge >= 0.3 is 6.01 Å². The summed E-state index contributed by atoms with van der Waals surface area (Å²) < 4.78 is 20.1. The average molecular weight is 221 g/mol. The molecule has 0 saturated carbocycles. The first-order valence-electron chi connectivity index (χ1n) is 4.95. The van der Waals surface area contributed by atoms with Crippen molar-refractivity contribution in [2.45, 2.75) is 13.5 Å². The van der Waals surface area contributed by atoms with Crippen LogP contribution in [0.15, 0.2) is 30.5 Å².